The molecular formula is C38H61N13O12. The number of amides is 5. The number of aliphatic hydroxyl groups is 1. The summed E-state index contributed by atoms with van der Waals surface area (Å²) in [6.45, 7) is -0.769. The van der Waals surface area contributed by atoms with E-state index in [4.69, 9.17) is 33.8 Å². The van der Waals surface area contributed by atoms with E-state index in [0.717, 1.165) is 5.56 Å². The number of carboxylic acids is 1. The maximum atomic E-state index is 13.7. The van der Waals surface area contributed by atoms with Crippen molar-refractivity contribution < 1.29 is 58.2 Å². The molecule has 5 amide bonds. The van der Waals surface area contributed by atoms with Crippen LogP contribution in [0.5, 0.6) is 0 Å². The van der Waals surface area contributed by atoms with Crippen LogP contribution < -0.4 is 66.2 Å². The number of carbonyl (C=O) groups is 10. The minimum Gasteiger partial charge on any atom is -0.481 e. The van der Waals surface area contributed by atoms with Crippen molar-refractivity contribution in [2.45, 2.75) is 113 Å². The summed E-state index contributed by atoms with van der Waals surface area (Å²) >= 11 is 0. The van der Waals surface area contributed by atoms with Gasteiger partial charge in [-0.1, -0.05) is 30.3 Å². The molecule has 0 unspecified atom stereocenters. The Labute approximate surface area is 363 Å². The Morgan fingerprint density at radius 3 is 1.92 bits per heavy atom. The number of nitrogens with two attached hydrogens (primary N) is 5. The highest BCUT2D eigenvalue weighted by Gasteiger charge is 2.41. The number of carboxylic acid groups (broad SMARTS) is 1. The van der Waals surface area contributed by atoms with Gasteiger partial charge >= 0.3 is 5.97 Å². The third kappa shape index (κ3) is 18.7. The molecule has 0 aliphatic carbocycles. The Hall–Kier alpha value is -5.64. The van der Waals surface area contributed by atoms with Gasteiger partial charge in [-0.3, -0.25) is 53.3 Å². The van der Waals surface area contributed by atoms with Gasteiger partial charge in [-0.25, -0.2) is 21.3 Å². The van der Waals surface area contributed by atoms with Crippen molar-refractivity contribution in [3.63, 3.8) is 0 Å². The average Bonchev–Trinajstić information content (AvgIpc) is 3.70. The fraction of sp³-hybridized carbons (Fsp3) is 0.579. The second kappa shape index (κ2) is 27.4. The summed E-state index contributed by atoms with van der Waals surface area (Å²) in [6, 6.07) is -0.843. The third-order valence-corrected chi connectivity index (χ3v) is 9.95. The van der Waals surface area contributed by atoms with Gasteiger partial charge in [-0.15, -0.1) is 0 Å². The Balaban J connectivity index is 2.26. The van der Waals surface area contributed by atoms with E-state index in [-0.39, 0.29) is 58.0 Å². The highest BCUT2D eigenvalue weighted by Crippen LogP contribution is 2.18. The zero-order valence-corrected chi connectivity index (χ0v) is 35.0. The standard InChI is InChI=1S/C38H61N13O12/c1-44-25(17-20-7-3-2-4-8-20)37(63)46-23(11-13-28(39)53)36(62)47-24(18-29(40)54)32(58)33(59)26(19-52)50-51-16-6-10-27(51)34(60)31(57)21(9-5-15-45-38(42)43)48-49-22(35(41)61)12-14-30(55)56/h2-4,7-8,21-27,38,44-45,48-50,52H,5-6,9-19,42-43H2,1H3,(H2,39,53)(H2,40,54)(H2,41,61)(H,46,63)(H,47,62)(H,55,56)/t21-,22-,23-,24-,25-,26-,27-/m0/s1. The zero-order valence-electron chi connectivity index (χ0n) is 35.0. The summed E-state index contributed by atoms with van der Waals surface area (Å²) in [7, 11) is 1.52. The van der Waals surface area contributed by atoms with Crippen LogP contribution in [0.15, 0.2) is 30.3 Å². The van der Waals surface area contributed by atoms with Gasteiger partial charge in [-0.2, -0.15) is 0 Å². The number of Topliss-reactive ketones (excluding diaryl/α,β-unsaturated/α-hetero) is 4. The second-order valence-electron chi connectivity index (χ2n) is 14.9. The topological polar surface area (TPSA) is 429 Å². The molecule has 1 aliphatic heterocycles. The van der Waals surface area contributed by atoms with Crippen LogP contribution in [0.2, 0.25) is 0 Å². The number of nitrogens with one attached hydrogen (secondary N) is 7. The zero-order chi connectivity index (χ0) is 47.2. The number of carbonyl (C=O) groups excluding carboxylic acids is 9. The van der Waals surface area contributed by atoms with Crippen LogP contribution in [0.25, 0.3) is 0 Å². The van der Waals surface area contributed by atoms with E-state index in [1.54, 1.807) is 30.3 Å². The number of primary amides is 3. The van der Waals surface area contributed by atoms with E-state index in [1.807, 2.05) is 0 Å². The maximum Gasteiger partial charge on any atom is 0.303 e. The van der Waals surface area contributed by atoms with Crippen LogP contribution in [0.4, 0.5) is 0 Å². The van der Waals surface area contributed by atoms with Crippen molar-refractivity contribution in [2.75, 3.05) is 26.7 Å². The first-order valence-electron chi connectivity index (χ1n) is 20.2. The highest BCUT2D eigenvalue weighted by atomic mass is 16.4. The van der Waals surface area contributed by atoms with E-state index in [2.05, 4.69) is 37.5 Å². The smallest absolute Gasteiger partial charge is 0.303 e. The molecule has 2 rings (SSSR count). The first kappa shape index (κ1) is 53.5. The Morgan fingerprint density at radius 1 is 0.746 bits per heavy atom. The monoisotopic (exact) mass is 891 g/mol. The molecule has 1 aliphatic rings. The van der Waals surface area contributed by atoms with E-state index < -0.39 is 127 Å². The largest absolute Gasteiger partial charge is 0.481 e. The van der Waals surface area contributed by atoms with Crippen molar-refractivity contribution in [1.82, 2.24) is 42.6 Å². The summed E-state index contributed by atoms with van der Waals surface area (Å²) in [5, 5.41) is 30.8. The van der Waals surface area contributed by atoms with Crippen LogP contribution >= 0.6 is 0 Å². The fourth-order valence-electron chi connectivity index (χ4n) is 6.54. The molecule has 0 bridgehead atoms. The quantitative estimate of drug-likeness (QED) is 0.0135. The number of aliphatic carboxylic acids is 1. The Bertz CT molecular complexity index is 1770. The van der Waals surface area contributed by atoms with E-state index >= 15 is 0 Å². The van der Waals surface area contributed by atoms with E-state index in [1.165, 1.54) is 12.1 Å². The van der Waals surface area contributed by atoms with Crippen molar-refractivity contribution in [1.29, 1.82) is 0 Å². The highest BCUT2D eigenvalue weighted by molar-refractivity contribution is 6.42. The molecule has 350 valence electrons. The van der Waals surface area contributed by atoms with Gasteiger partial charge in [-0.05, 0) is 64.1 Å². The van der Waals surface area contributed by atoms with E-state index in [0.29, 0.717) is 6.42 Å². The number of benzene rings is 1. The van der Waals surface area contributed by atoms with Crippen molar-refractivity contribution in [2.24, 2.45) is 28.7 Å². The molecule has 25 nitrogen and oxygen atoms in total. The molecule has 25 heteroatoms. The SMILES string of the molecule is CN[C@@H](Cc1ccccc1)C(=O)N[C@@H](CCC(N)=O)C(=O)N[C@@H](CC(N)=O)C(=O)C(=O)[C@H](CO)NN1CCC[C@H]1C(=O)C(=O)[C@H](CCCNC(N)N)NN[C@@H](CCC(=O)O)C(N)=O. The van der Waals surface area contributed by atoms with Gasteiger partial charge in [0, 0.05) is 19.4 Å². The molecule has 1 heterocycles. The molecule has 63 heavy (non-hydrogen) atoms. The van der Waals surface area contributed by atoms with Crippen LogP contribution in [0.1, 0.15) is 63.4 Å². The van der Waals surface area contributed by atoms with Gasteiger partial charge in [0.2, 0.25) is 52.7 Å². The van der Waals surface area contributed by atoms with Gasteiger partial charge in [0.15, 0.2) is 0 Å². The Morgan fingerprint density at radius 2 is 1.35 bits per heavy atom. The van der Waals surface area contributed by atoms with Crippen LogP contribution in [-0.4, -0.2) is 149 Å². The number of hydrazine groups is 2. The minimum atomic E-state index is -1.91. The van der Waals surface area contributed by atoms with Gasteiger partial charge in [0.05, 0.1) is 31.2 Å². The first-order chi connectivity index (χ1) is 29.8. The molecular weight excluding hydrogens is 830 g/mol. The lowest BCUT2D eigenvalue weighted by molar-refractivity contribution is -0.144. The van der Waals surface area contributed by atoms with Crippen LogP contribution in [-0.2, 0) is 54.4 Å². The molecule has 19 N–H and O–H groups in total. The summed E-state index contributed by atoms with van der Waals surface area (Å²) in [5.74, 6) is -10.5. The number of likely N-dealkylation sites (N-methyl/N-ethyl adjacent to an activating group) is 1. The van der Waals surface area contributed by atoms with Crippen LogP contribution in [0.3, 0.4) is 0 Å². The molecule has 0 saturated carbocycles. The van der Waals surface area contributed by atoms with Crippen molar-refractivity contribution in [3.8, 4) is 0 Å². The number of aliphatic hydroxyl groups excluding tert-OH is 1. The number of ketones is 4. The molecule has 1 fully saturated rings. The lowest BCUT2D eigenvalue weighted by atomic mass is 9.98. The molecule has 1 aromatic rings. The lowest BCUT2D eigenvalue weighted by Gasteiger charge is -2.29. The predicted molar refractivity (Wildman–Crippen MR) is 222 cm³/mol. The van der Waals surface area contributed by atoms with Gasteiger partial charge in [0.1, 0.15) is 30.5 Å². The molecule has 0 aromatic heterocycles. The number of hydrogen-bond donors (Lipinski definition) is 14. The molecule has 7 atom stereocenters. The predicted octanol–water partition coefficient (Wildman–Crippen LogP) is -6.71. The second-order valence-corrected chi connectivity index (χ2v) is 14.9. The number of rotatable bonds is 33. The number of nitrogens with zero attached hydrogens (tertiary/aromatic N) is 1. The minimum absolute atomic E-state index is 0.0160. The van der Waals surface area contributed by atoms with Crippen LogP contribution in [0, 0.1) is 0 Å². The summed E-state index contributed by atoms with van der Waals surface area (Å²) in [4.78, 5) is 128. The van der Waals surface area contributed by atoms with Crippen molar-refractivity contribution >= 4 is 58.6 Å². The van der Waals surface area contributed by atoms with Gasteiger partial charge in [0.25, 0.3) is 0 Å². The maximum absolute atomic E-state index is 13.7. The Kier molecular flexibility index (Phi) is 23.3. The van der Waals surface area contributed by atoms with Crippen molar-refractivity contribution in [3.05, 3.63) is 35.9 Å². The third-order valence-electron chi connectivity index (χ3n) is 9.95. The lowest BCUT2D eigenvalue weighted by Crippen LogP contribution is -2.60. The summed E-state index contributed by atoms with van der Waals surface area (Å²) in [5.41, 5.74) is 35.6. The van der Waals surface area contributed by atoms with Gasteiger partial charge < -0.3 is 54.8 Å². The fourth-order valence-corrected chi connectivity index (χ4v) is 6.54. The van der Waals surface area contributed by atoms with E-state index in [9.17, 15) is 53.1 Å². The average molecular weight is 892 g/mol. The number of hydrogen-bond acceptors (Lipinski definition) is 19. The molecule has 1 saturated heterocycles. The molecule has 0 radical (unpaired) electrons. The normalized spacial score (nSPS) is 16.8. The summed E-state index contributed by atoms with van der Waals surface area (Å²) in [6.07, 6.45) is -2.33. The summed E-state index contributed by atoms with van der Waals surface area (Å²) < 4.78 is 0. The molecule has 1 aromatic carbocycles. The molecule has 0 spiro atoms. The first-order valence-corrected chi connectivity index (χ1v) is 20.2.